The summed E-state index contributed by atoms with van der Waals surface area (Å²) >= 11 is 0. The number of amides is 1. The lowest BCUT2D eigenvalue weighted by Crippen LogP contribution is -2.50. The first kappa shape index (κ1) is 16.8. The predicted octanol–water partition coefficient (Wildman–Crippen LogP) is 2.86. The number of halogens is 3. The van der Waals surface area contributed by atoms with Gasteiger partial charge in [-0.15, -0.1) is 0 Å². The van der Waals surface area contributed by atoms with Crippen LogP contribution in [0, 0.1) is 0 Å². The SMILES string of the molecule is O=C(C=Cc1ccoc1)NCC(O)(c1ccccc1)C(F)(F)F. The topological polar surface area (TPSA) is 62.5 Å². The summed E-state index contributed by atoms with van der Waals surface area (Å²) in [5, 5.41) is 12.1. The van der Waals surface area contributed by atoms with Crippen molar-refractivity contribution in [3.05, 3.63) is 66.1 Å². The van der Waals surface area contributed by atoms with Gasteiger partial charge in [0.05, 0.1) is 19.1 Å². The Kier molecular flexibility index (Phi) is 4.90. The third-order valence-corrected chi connectivity index (χ3v) is 3.21. The van der Waals surface area contributed by atoms with Crippen LogP contribution in [0.25, 0.3) is 6.08 Å². The fourth-order valence-corrected chi connectivity index (χ4v) is 1.90. The number of furan rings is 1. The average Bonchev–Trinajstić information content (AvgIpc) is 3.03. The van der Waals surface area contributed by atoms with Crippen LogP contribution >= 0.6 is 0 Å². The zero-order valence-corrected chi connectivity index (χ0v) is 11.9. The van der Waals surface area contributed by atoms with Crippen LogP contribution in [0.5, 0.6) is 0 Å². The molecule has 0 aliphatic carbocycles. The minimum Gasteiger partial charge on any atom is -0.472 e. The van der Waals surface area contributed by atoms with Crippen molar-refractivity contribution in [1.82, 2.24) is 5.32 Å². The summed E-state index contributed by atoms with van der Waals surface area (Å²) in [4.78, 5) is 11.6. The Labute approximate surface area is 130 Å². The van der Waals surface area contributed by atoms with Crippen LogP contribution < -0.4 is 5.32 Å². The van der Waals surface area contributed by atoms with Crippen molar-refractivity contribution in [2.24, 2.45) is 0 Å². The maximum absolute atomic E-state index is 13.2. The molecule has 4 nitrogen and oxygen atoms in total. The molecule has 1 heterocycles. The monoisotopic (exact) mass is 325 g/mol. The first-order valence-corrected chi connectivity index (χ1v) is 6.66. The van der Waals surface area contributed by atoms with Crippen LogP contribution in [0.2, 0.25) is 0 Å². The second kappa shape index (κ2) is 6.70. The van der Waals surface area contributed by atoms with Crippen molar-refractivity contribution in [1.29, 1.82) is 0 Å². The summed E-state index contributed by atoms with van der Waals surface area (Å²) in [5.74, 6) is -0.759. The highest BCUT2D eigenvalue weighted by Gasteiger charge is 2.54. The van der Waals surface area contributed by atoms with Gasteiger partial charge in [0.1, 0.15) is 0 Å². The van der Waals surface area contributed by atoms with E-state index < -0.39 is 24.2 Å². The van der Waals surface area contributed by atoms with E-state index in [1.165, 1.54) is 36.8 Å². The molecule has 0 saturated heterocycles. The standard InChI is InChI=1S/C16H14F3NO3/c17-16(18,19)15(22,13-4-2-1-3-5-13)11-20-14(21)7-6-12-8-9-23-10-12/h1-10,22H,11H2,(H,20,21). The highest BCUT2D eigenvalue weighted by Crippen LogP contribution is 2.38. The number of rotatable bonds is 5. The quantitative estimate of drug-likeness (QED) is 0.831. The molecular weight excluding hydrogens is 311 g/mol. The van der Waals surface area contributed by atoms with Crippen LogP contribution in [0.15, 0.2) is 59.4 Å². The zero-order valence-electron chi connectivity index (χ0n) is 11.9. The molecule has 1 aromatic carbocycles. The van der Waals surface area contributed by atoms with Gasteiger partial charge in [-0.05, 0) is 17.7 Å². The second-order valence-corrected chi connectivity index (χ2v) is 4.83. The molecule has 0 spiro atoms. The number of alkyl halides is 3. The predicted molar refractivity (Wildman–Crippen MR) is 77.1 cm³/mol. The second-order valence-electron chi connectivity index (χ2n) is 4.83. The minimum absolute atomic E-state index is 0.341. The third kappa shape index (κ3) is 4.01. The Balaban J connectivity index is 2.09. The summed E-state index contributed by atoms with van der Waals surface area (Å²) in [5.41, 5.74) is -2.91. The Bertz CT molecular complexity index is 666. The minimum atomic E-state index is -4.93. The molecule has 1 atom stereocenters. The summed E-state index contributed by atoms with van der Waals surface area (Å²) in [6.07, 6.45) is 0.283. The first-order chi connectivity index (χ1) is 10.8. The lowest BCUT2D eigenvalue weighted by molar-refractivity contribution is -0.263. The van der Waals surface area contributed by atoms with E-state index in [0.717, 1.165) is 18.2 Å². The molecule has 0 bridgehead atoms. The number of hydrogen-bond acceptors (Lipinski definition) is 3. The molecule has 2 N–H and O–H groups in total. The number of benzene rings is 1. The van der Waals surface area contributed by atoms with Crippen LogP contribution in [-0.2, 0) is 10.4 Å². The molecule has 2 aromatic rings. The first-order valence-electron chi connectivity index (χ1n) is 6.66. The van der Waals surface area contributed by atoms with E-state index in [1.807, 2.05) is 0 Å². The van der Waals surface area contributed by atoms with E-state index in [4.69, 9.17) is 4.42 Å². The molecule has 2 rings (SSSR count). The average molecular weight is 325 g/mol. The molecule has 0 aliphatic rings. The molecule has 7 heteroatoms. The summed E-state index contributed by atoms with van der Waals surface area (Å²) in [6, 6.07) is 8.19. The van der Waals surface area contributed by atoms with Crippen molar-refractivity contribution in [3.63, 3.8) is 0 Å². The van der Waals surface area contributed by atoms with E-state index >= 15 is 0 Å². The normalized spacial score (nSPS) is 14.6. The van der Waals surface area contributed by atoms with Crippen molar-refractivity contribution in [2.75, 3.05) is 6.54 Å². The number of aliphatic hydroxyl groups is 1. The molecule has 0 radical (unpaired) electrons. The Morgan fingerprint density at radius 1 is 1.22 bits per heavy atom. The number of hydrogen-bond donors (Lipinski definition) is 2. The van der Waals surface area contributed by atoms with E-state index in [2.05, 4.69) is 5.32 Å². The van der Waals surface area contributed by atoms with Gasteiger partial charge in [-0.2, -0.15) is 13.2 Å². The van der Waals surface area contributed by atoms with Crippen LogP contribution in [-0.4, -0.2) is 23.7 Å². The van der Waals surface area contributed by atoms with E-state index in [9.17, 15) is 23.1 Å². The fourth-order valence-electron chi connectivity index (χ4n) is 1.90. The summed E-state index contributed by atoms with van der Waals surface area (Å²) in [7, 11) is 0. The Morgan fingerprint density at radius 2 is 1.91 bits per heavy atom. The molecule has 122 valence electrons. The Hall–Kier alpha value is -2.54. The highest BCUT2D eigenvalue weighted by molar-refractivity contribution is 5.91. The van der Waals surface area contributed by atoms with Gasteiger partial charge in [-0.3, -0.25) is 4.79 Å². The highest BCUT2D eigenvalue weighted by atomic mass is 19.4. The molecule has 1 unspecified atom stereocenters. The van der Waals surface area contributed by atoms with Crippen molar-refractivity contribution >= 4 is 12.0 Å². The van der Waals surface area contributed by atoms with Gasteiger partial charge < -0.3 is 14.8 Å². The number of nitrogens with one attached hydrogen (secondary N) is 1. The molecule has 23 heavy (non-hydrogen) atoms. The van der Waals surface area contributed by atoms with E-state index in [-0.39, 0.29) is 5.56 Å². The lowest BCUT2D eigenvalue weighted by atomic mass is 9.93. The van der Waals surface area contributed by atoms with Crippen molar-refractivity contribution in [3.8, 4) is 0 Å². The Morgan fingerprint density at radius 3 is 2.48 bits per heavy atom. The fraction of sp³-hybridized carbons (Fsp3) is 0.188. The largest absolute Gasteiger partial charge is 0.472 e. The summed E-state index contributed by atoms with van der Waals surface area (Å²) in [6.45, 7) is -0.991. The lowest BCUT2D eigenvalue weighted by Gasteiger charge is -2.31. The van der Waals surface area contributed by atoms with Crippen LogP contribution in [0.4, 0.5) is 13.2 Å². The van der Waals surface area contributed by atoms with Gasteiger partial charge in [0.25, 0.3) is 0 Å². The molecular formula is C16H14F3NO3. The molecule has 0 aliphatic heterocycles. The van der Waals surface area contributed by atoms with Gasteiger partial charge in [0.15, 0.2) is 0 Å². The molecule has 0 fully saturated rings. The maximum atomic E-state index is 13.2. The van der Waals surface area contributed by atoms with Gasteiger partial charge in [0, 0.05) is 11.6 Å². The van der Waals surface area contributed by atoms with Gasteiger partial charge in [-0.25, -0.2) is 0 Å². The molecule has 1 aromatic heterocycles. The smallest absolute Gasteiger partial charge is 0.423 e. The number of carbonyl (C=O) groups excluding carboxylic acids is 1. The van der Waals surface area contributed by atoms with E-state index in [0.29, 0.717) is 5.56 Å². The zero-order chi connectivity index (χ0) is 16.9. The van der Waals surface area contributed by atoms with Crippen molar-refractivity contribution in [2.45, 2.75) is 11.8 Å². The molecule has 0 saturated carbocycles. The third-order valence-electron chi connectivity index (χ3n) is 3.21. The summed E-state index contributed by atoms with van der Waals surface area (Å²) < 4.78 is 44.4. The van der Waals surface area contributed by atoms with Gasteiger partial charge in [0.2, 0.25) is 11.5 Å². The molecule has 1 amide bonds. The van der Waals surface area contributed by atoms with Gasteiger partial charge >= 0.3 is 6.18 Å². The van der Waals surface area contributed by atoms with Crippen molar-refractivity contribution < 1.29 is 27.5 Å². The number of carbonyl (C=O) groups is 1. The van der Waals surface area contributed by atoms with Crippen LogP contribution in [0.1, 0.15) is 11.1 Å². The maximum Gasteiger partial charge on any atom is 0.423 e. The van der Waals surface area contributed by atoms with Crippen LogP contribution in [0.3, 0.4) is 0 Å². The van der Waals surface area contributed by atoms with Gasteiger partial charge in [-0.1, -0.05) is 30.3 Å². The van der Waals surface area contributed by atoms with E-state index in [1.54, 1.807) is 6.07 Å².